The Labute approximate surface area is 114 Å². The topological polar surface area (TPSA) is 80.1 Å². The summed E-state index contributed by atoms with van der Waals surface area (Å²) in [5.41, 5.74) is 0.772. The number of hydrogen-bond donors (Lipinski definition) is 2. The van der Waals surface area contributed by atoms with Crippen molar-refractivity contribution in [3.63, 3.8) is 0 Å². The van der Waals surface area contributed by atoms with Crippen LogP contribution in [0.4, 0.5) is 10.8 Å². The second-order valence-corrected chi connectivity index (χ2v) is 5.65. The van der Waals surface area contributed by atoms with Crippen molar-refractivity contribution in [1.82, 2.24) is 10.3 Å². The minimum Gasteiger partial charge on any atom is -0.357 e. The van der Waals surface area contributed by atoms with E-state index in [1.807, 2.05) is 0 Å². The van der Waals surface area contributed by atoms with Gasteiger partial charge in [-0.3, -0.25) is 10.1 Å². The summed E-state index contributed by atoms with van der Waals surface area (Å²) >= 11 is 1.54. The van der Waals surface area contributed by atoms with Crippen LogP contribution in [0.1, 0.15) is 12.8 Å². The van der Waals surface area contributed by atoms with E-state index < -0.39 is 4.92 Å². The number of aromatic nitrogens is 1. The summed E-state index contributed by atoms with van der Waals surface area (Å²) in [4.78, 5) is 14.8. The standard InChI is InChI=1S/C12H14N4O2S/c17-16(18)9-3-4-11-10(6-9)15-12(19-11)14-8-2-1-5-13-7-8/h3-4,6,8,13H,1-2,5,7H2,(H,14,15)/t8-/m0/s1. The summed E-state index contributed by atoms with van der Waals surface area (Å²) < 4.78 is 0.969. The largest absolute Gasteiger partial charge is 0.357 e. The van der Waals surface area contributed by atoms with Crippen LogP contribution in [-0.4, -0.2) is 29.0 Å². The van der Waals surface area contributed by atoms with Crippen LogP contribution in [0.25, 0.3) is 10.2 Å². The summed E-state index contributed by atoms with van der Waals surface area (Å²) in [6, 6.07) is 5.20. The van der Waals surface area contributed by atoms with Crippen molar-refractivity contribution in [3.8, 4) is 0 Å². The van der Waals surface area contributed by atoms with Crippen molar-refractivity contribution >= 4 is 32.4 Å². The van der Waals surface area contributed by atoms with Gasteiger partial charge < -0.3 is 10.6 Å². The molecule has 7 heteroatoms. The lowest BCUT2D eigenvalue weighted by molar-refractivity contribution is -0.384. The zero-order chi connectivity index (χ0) is 13.2. The number of benzene rings is 1. The molecule has 1 aliphatic rings. The molecule has 2 aromatic rings. The number of nitro groups is 1. The molecule has 3 rings (SSSR count). The van der Waals surface area contributed by atoms with Gasteiger partial charge in [-0.1, -0.05) is 11.3 Å². The first-order chi connectivity index (χ1) is 9.22. The molecule has 1 saturated heterocycles. The summed E-state index contributed by atoms with van der Waals surface area (Å²) in [6.45, 7) is 2.01. The van der Waals surface area contributed by atoms with Gasteiger partial charge in [0.1, 0.15) is 0 Å². The van der Waals surface area contributed by atoms with Gasteiger partial charge in [-0.2, -0.15) is 0 Å². The van der Waals surface area contributed by atoms with Crippen molar-refractivity contribution < 1.29 is 4.92 Å². The zero-order valence-electron chi connectivity index (χ0n) is 10.3. The molecule has 1 atom stereocenters. The number of nitrogens with zero attached hydrogens (tertiary/aromatic N) is 2. The number of anilines is 1. The molecule has 0 aliphatic carbocycles. The summed E-state index contributed by atoms with van der Waals surface area (Å²) in [7, 11) is 0. The molecule has 1 aliphatic heterocycles. The van der Waals surface area contributed by atoms with E-state index in [9.17, 15) is 10.1 Å². The SMILES string of the molecule is O=[N+]([O-])c1ccc2sc(N[C@H]3CCCNC3)nc2c1. The van der Waals surface area contributed by atoms with Crippen LogP contribution in [0.2, 0.25) is 0 Å². The Hall–Kier alpha value is -1.73. The lowest BCUT2D eigenvalue weighted by Crippen LogP contribution is -2.38. The molecule has 100 valence electrons. The fourth-order valence-electron chi connectivity index (χ4n) is 2.24. The molecule has 0 unspecified atom stereocenters. The van der Waals surface area contributed by atoms with E-state index in [2.05, 4.69) is 15.6 Å². The summed E-state index contributed by atoms with van der Waals surface area (Å²) in [5, 5.41) is 18.3. The molecule has 6 nitrogen and oxygen atoms in total. The Morgan fingerprint density at radius 2 is 2.42 bits per heavy atom. The summed E-state index contributed by atoms with van der Waals surface area (Å²) in [6.07, 6.45) is 2.29. The zero-order valence-corrected chi connectivity index (χ0v) is 11.1. The van der Waals surface area contributed by atoms with Crippen LogP contribution in [0.3, 0.4) is 0 Å². The molecule has 0 spiro atoms. The Bertz CT molecular complexity index is 607. The molecular formula is C12H14N4O2S. The fraction of sp³-hybridized carbons (Fsp3) is 0.417. The number of nitrogens with one attached hydrogen (secondary N) is 2. The number of rotatable bonds is 3. The predicted octanol–water partition coefficient (Wildman–Crippen LogP) is 2.37. The van der Waals surface area contributed by atoms with Gasteiger partial charge in [0, 0.05) is 24.7 Å². The third-order valence-corrected chi connectivity index (χ3v) is 4.17. The maximum absolute atomic E-state index is 10.7. The Morgan fingerprint density at radius 3 is 3.16 bits per heavy atom. The molecule has 1 fully saturated rings. The van der Waals surface area contributed by atoms with E-state index in [1.165, 1.54) is 23.5 Å². The Balaban J connectivity index is 1.82. The van der Waals surface area contributed by atoms with Crippen molar-refractivity contribution in [3.05, 3.63) is 28.3 Å². The smallest absolute Gasteiger partial charge is 0.271 e. The van der Waals surface area contributed by atoms with Gasteiger partial charge in [0.2, 0.25) is 0 Å². The van der Waals surface area contributed by atoms with Crippen molar-refractivity contribution in [2.45, 2.75) is 18.9 Å². The van der Waals surface area contributed by atoms with E-state index in [0.29, 0.717) is 11.6 Å². The monoisotopic (exact) mass is 278 g/mol. The average molecular weight is 278 g/mol. The average Bonchev–Trinajstić information content (AvgIpc) is 2.80. The first-order valence-electron chi connectivity index (χ1n) is 6.24. The number of fused-ring (bicyclic) bond motifs is 1. The number of nitro benzene ring substituents is 1. The molecule has 0 radical (unpaired) electrons. The van der Waals surface area contributed by atoms with Crippen LogP contribution in [0.5, 0.6) is 0 Å². The molecule has 2 N–H and O–H groups in total. The molecule has 1 aromatic carbocycles. The molecule has 0 bridgehead atoms. The second kappa shape index (κ2) is 5.10. The van der Waals surface area contributed by atoms with E-state index in [1.54, 1.807) is 6.07 Å². The number of thiazole rings is 1. The van der Waals surface area contributed by atoms with Gasteiger partial charge in [-0.05, 0) is 25.5 Å². The van der Waals surface area contributed by atoms with Crippen LogP contribution >= 0.6 is 11.3 Å². The maximum atomic E-state index is 10.7. The van der Waals surface area contributed by atoms with Gasteiger partial charge in [-0.25, -0.2) is 4.98 Å². The third-order valence-electron chi connectivity index (χ3n) is 3.21. The lowest BCUT2D eigenvalue weighted by Gasteiger charge is -2.23. The van der Waals surface area contributed by atoms with Crippen LogP contribution in [0, 0.1) is 10.1 Å². The van der Waals surface area contributed by atoms with Crippen molar-refractivity contribution in [2.24, 2.45) is 0 Å². The predicted molar refractivity (Wildman–Crippen MR) is 75.8 cm³/mol. The van der Waals surface area contributed by atoms with Crippen molar-refractivity contribution in [1.29, 1.82) is 0 Å². The molecule has 2 heterocycles. The van der Waals surface area contributed by atoms with Crippen LogP contribution in [0.15, 0.2) is 18.2 Å². The lowest BCUT2D eigenvalue weighted by atomic mass is 10.1. The van der Waals surface area contributed by atoms with Gasteiger partial charge in [-0.15, -0.1) is 0 Å². The van der Waals surface area contributed by atoms with E-state index in [0.717, 1.165) is 35.8 Å². The highest BCUT2D eigenvalue weighted by Gasteiger charge is 2.15. The van der Waals surface area contributed by atoms with Crippen LogP contribution in [-0.2, 0) is 0 Å². The number of non-ortho nitro benzene ring substituents is 1. The number of hydrogen-bond acceptors (Lipinski definition) is 6. The normalized spacial score (nSPS) is 19.5. The number of piperidine rings is 1. The van der Waals surface area contributed by atoms with Crippen LogP contribution < -0.4 is 10.6 Å². The minimum atomic E-state index is -0.392. The first kappa shape index (κ1) is 12.3. The molecular weight excluding hydrogens is 264 g/mol. The fourth-order valence-corrected chi connectivity index (χ4v) is 3.16. The van der Waals surface area contributed by atoms with Gasteiger partial charge in [0.15, 0.2) is 5.13 Å². The highest BCUT2D eigenvalue weighted by Crippen LogP contribution is 2.29. The quantitative estimate of drug-likeness (QED) is 0.665. The molecule has 0 saturated carbocycles. The highest BCUT2D eigenvalue weighted by molar-refractivity contribution is 7.22. The van der Waals surface area contributed by atoms with Gasteiger partial charge in [0.25, 0.3) is 5.69 Å². The Kier molecular flexibility index (Phi) is 3.31. The highest BCUT2D eigenvalue weighted by atomic mass is 32.1. The first-order valence-corrected chi connectivity index (χ1v) is 7.06. The molecule has 0 amide bonds. The third kappa shape index (κ3) is 2.66. The van der Waals surface area contributed by atoms with Crippen molar-refractivity contribution in [2.75, 3.05) is 18.4 Å². The van der Waals surface area contributed by atoms with Gasteiger partial charge in [0.05, 0.1) is 15.1 Å². The van der Waals surface area contributed by atoms with E-state index in [4.69, 9.17) is 0 Å². The maximum Gasteiger partial charge on any atom is 0.271 e. The summed E-state index contributed by atoms with van der Waals surface area (Å²) in [5.74, 6) is 0. The Morgan fingerprint density at radius 1 is 1.53 bits per heavy atom. The molecule has 1 aromatic heterocycles. The van der Waals surface area contributed by atoms with Gasteiger partial charge >= 0.3 is 0 Å². The minimum absolute atomic E-state index is 0.0867. The second-order valence-electron chi connectivity index (χ2n) is 4.62. The molecule has 19 heavy (non-hydrogen) atoms. The van der Waals surface area contributed by atoms with E-state index in [-0.39, 0.29) is 5.69 Å². The van der Waals surface area contributed by atoms with E-state index >= 15 is 0 Å².